The van der Waals surface area contributed by atoms with Gasteiger partial charge in [0.05, 0.1) is 0 Å². The summed E-state index contributed by atoms with van der Waals surface area (Å²) in [5.41, 5.74) is 0. The number of amides is 1. The molecule has 0 radical (unpaired) electrons. The second-order valence-electron chi connectivity index (χ2n) is 3.19. The molecule has 1 N–H and O–H groups in total. The van der Waals surface area contributed by atoms with Gasteiger partial charge in [0, 0.05) is 13.1 Å². The highest BCUT2D eigenvalue weighted by molar-refractivity contribution is 7.12. The summed E-state index contributed by atoms with van der Waals surface area (Å²) < 4.78 is 0. The maximum Gasteiger partial charge on any atom is 0.258 e. The van der Waals surface area contributed by atoms with Crippen molar-refractivity contribution in [3.05, 3.63) is 10.0 Å². The van der Waals surface area contributed by atoms with Crippen LogP contribution in [0.4, 0.5) is 0 Å². The van der Waals surface area contributed by atoms with Crippen LogP contribution in [0.2, 0.25) is 0 Å². The Morgan fingerprint density at radius 1 is 1.35 bits per heavy atom. The lowest BCUT2D eigenvalue weighted by Crippen LogP contribution is -2.34. The molecule has 0 bridgehead atoms. The number of alkyl halides is 2. The summed E-state index contributed by atoms with van der Waals surface area (Å²) in [5, 5.41) is 17.8. The molecule has 96 valence electrons. The molecule has 1 atom stereocenters. The van der Waals surface area contributed by atoms with Gasteiger partial charge in [-0.05, 0) is 13.8 Å². The zero-order valence-corrected chi connectivity index (χ0v) is 11.8. The fraction of sp³-hybridized carbons (Fsp3) is 0.667. The summed E-state index contributed by atoms with van der Waals surface area (Å²) in [6.07, 6.45) is -1.30. The van der Waals surface area contributed by atoms with Crippen molar-refractivity contribution in [2.45, 2.75) is 24.8 Å². The Kier molecular flexibility index (Phi) is 5.58. The third-order valence-electron chi connectivity index (χ3n) is 2.19. The zero-order chi connectivity index (χ0) is 13.0. The Balaban J connectivity index is 2.81. The summed E-state index contributed by atoms with van der Waals surface area (Å²) in [6.45, 7) is 4.75. The van der Waals surface area contributed by atoms with Crippen LogP contribution in [-0.2, 0) is 4.79 Å². The molecule has 1 aromatic rings. The smallest absolute Gasteiger partial charge is 0.258 e. The normalized spacial score (nSPS) is 12.8. The number of aromatic nitrogens is 2. The second kappa shape index (κ2) is 6.49. The fourth-order valence-electron chi connectivity index (χ4n) is 1.26. The first-order valence-electron chi connectivity index (χ1n) is 5.09. The predicted molar refractivity (Wildman–Crippen MR) is 67.2 cm³/mol. The average molecular weight is 298 g/mol. The van der Waals surface area contributed by atoms with Crippen LogP contribution in [0.1, 0.15) is 34.8 Å². The van der Waals surface area contributed by atoms with Gasteiger partial charge in [-0.15, -0.1) is 10.2 Å². The molecule has 0 saturated heterocycles. The van der Waals surface area contributed by atoms with E-state index in [-0.39, 0.29) is 5.01 Å². The molecule has 5 nitrogen and oxygen atoms in total. The van der Waals surface area contributed by atoms with Gasteiger partial charge in [-0.3, -0.25) is 4.79 Å². The summed E-state index contributed by atoms with van der Waals surface area (Å²) in [4.78, 5) is 12.6. The van der Waals surface area contributed by atoms with Gasteiger partial charge < -0.3 is 10.0 Å². The summed E-state index contributed by atoms with van der Waals surface area (Å²) >= 11 is 12.3. The van der Waals surface area contributed by atoms with E-state index >= 15 is 0 Å². The van der Waals surface area contributed by atoms with E-state index in [1.165, 1.54) is 4.90 Å². The molecule has 0 saturated carbocycles. The van der Waals surface area contributed by atoms with Crippen LogP contribution in [0.15, 0.2) is 0 Å². The maximum absolute atomic E-state index is 11.8. The lowest BCUT2D eigenvalue weighted by atomic mass is 10.3. The highest BCUT2D eigenvalue weighted by Crippen LogP contribution is 2.30. The highest BCUT2D eigenvalue weighted by atomic mass is 35.5. The molecule has 0 aliphatic heterocycles. The van der Waals surface area contributed by atoms with Crippen molar-refractivity contribution in [3.63, 3.8) is 0 Å². The van der Waals surface area contributed by atoms with Gasteiger partial charge in [0.25, 0.3) is 5.91 Å². The minimum atomic E-state index is -1.30. The number of aliphatic hydroxyl groups is 1. The van der Waals surface area contributed by atoms with Gasteiger partial charge in [-0.2, -0.15) is 0 Å². The molecule has 1 rings (SSSR count). The Bertz CT molecular complexity index is 382. The molecule has 0 aromatic carbocycles. The molecule has 17 heavy (non-hydrogen) atoms. The number of aliphatic hydroxyl groups excluding tert-OH is 1. The van der Waals surface area contributed by atoms with E-state index < -0.39 is 16.8 Å². The quantitative estimate of drug-likeness (QED) is 0.843. The minimum absolute atomic E-state index is 0.211. The summed E-state index contributed by atoms with van der Waals surface area (Å²) in [5.74, 6) is -0.390. The third kappa shape index (κ3) is 3.51. The van der Waals surface area contributed by atoms with Crippen LogP contribution in [-0.4, -0.2) is 39.2 Å². The van der Waals surface area contributed by atoms with Gasteiger partial charge in [0.2, 0.25) is 0 Å². The van der Waals surface area contributed by atoms with E-state index in [1.807, 2.05) is 13.8 Å². The molecular weight excluding hydrogens is 285 g/mol. The Morgan fingerprint density at radius 2 is 1.88 bits per heavy atom. The first-order chi connectivity index (χ1) is 8.01. The van der Waals surface area contributed by atoms with Crippen LogP contribution < -0.4 is 0 Å². The van der Waals surface area contributed by atoms with Crippen molar-refractivity contribution in [1.29, 1.82) is 0 Å². The van der Waals surface area contributed by atoms with Gasteiger partial charge in [-0.1, -0.05) is 34.5 Å². The minimum Gasteiger partial charge on any atom is -0.376 e. The summed E-state index contributed by atoms with van der Waals surface area (Å²) in [6, 6.07) is 0. The van der Waals surface area contributed by atoms with E-state index in [2.05, 4.69) is 10.2 Å². The predicted octanol–water partition coefficient (Wildman–Crippen LogP) is 1.92. The standard InChI is InChI=1S/C9H13Cl2N3O2S/c1-3-14(4-2)9(16)5(15)7-12-13-8(17-7)6(10)11/h5-6,15H,3-4H2,1-2H3. The largest absolute Gasteiger partial charge is 0.376 e. The molecule has 0 aliphatic carbocycles. The number of likely N-dealkylation sites (N-methyl/N-ethyl adjacent to an activating group) is 1. The molecule has 0 spiro atoms. The lowest BCUT2D eigenvalue weighted by Gasteiger charge is -2.20. The van der Waals surface area contributed by atoms with Crippen molar-refractivity contribution >= 4 is 40.4 Å². The van der Waals surface area contributed by atoms with E-state index in [9.17, 15) is 9.90 Å². The van der Waals surface area contributed by atoms with Gasteiger partial charge in [0.15, 0.2) is 21.0 Å². The second-order valence-corrected chi connectivity index (χ2v) is 5.33. The topological polar surface area (TPSA) is 66.3 Å². The fourth-order valence-corrected chi connectivity index (χ4v) is 2.29. The van der Waals surface area contributed by atoms with Crippen LogP contribution in [0.25, 0.3) is 0 Å². The van der Waals surface area contributed by atoms with Crippen molar-refractivity contribution in [3.8, 4) is 0 Å². The molecule has 1 unspecified atom stereocenters. The molecule has 8 heteroatoms. The zero-order valence-electron chi connectivity index (χ0n) is 9.43. The molecule has 1 heterocycles. The van der Waals surface area contributed by atoms with Gasteiger partial charge in [-0.25, -0.2) is 0 Å². The molecular formula is C9H13Cl2N3O2S. The number of hydrogen-bond acceptors (Lipinski definition) is 5. The average Bonchev–Trinajstić information content (AvgIpc) is 2.78. The summed E-state index contributed by atoms with van der Waals surface area (Å²) in [7, 11) is 0. The monoisotopic (exact) mass is 297 g/mol. The number of carbonyl (C=O) groups excluding carboxylic acids is 1. The van der Waals surface area contributed by atoms with E-state index in [4.69, 9.17) is 23.2 Å². The molecule has 1 aromatic heterocycles. The molecule has 0 fully saturated rings. The van der Waals surface area contributed by atoms with E-state index in [0.29, 0.717) is 18.1 Å². The third-order valence-corrected chi connectivity index (χ3v) is 3.90. The Labute approximate surface area is 113 Å². The van der Waals surface area contributed by atoms with Crippen LogP contribution in [0, 0.1) is 0 Å². The lowest BCUT2D eigenvalue weighted by molar-refractivity contribution is -0.140. The van der Waals surface area contributed by atoms with Crippen molar-refractivity contribution in [2.24, 2.45) is 0 Å². The number of halogens is 2. The Morgan fingerprint density at radius 3 is 2.29 bits per heavy atom. The maximum atomic E-state index is 11.8. The van der Waals surface area contributed by atoms with Crippen LogP contribution in [0.3, 0.4) is 0 Å². The van der Waals surface area contributed by atoms with E-state index in [0.717, 1.165) is 11.3 Å². The number of rotatable bonds is 5. The first-order valence-corrected chi connectivity index (χ1v) is 6.78. The van der Waals surface area contributed by atoms with E-state index in [1.54, 1.807) is 0 Å². The van der Waals surface area contributed by atoms with Crippen LogP contribution in [0.5, 0.6) is 0 Å². The molecule has 1 amide bonds. The first kappa shape index (κ1) is 14.6. The van der Waals surface area contributed by atoms with Crippen LogP contribution >= 0.6 is 34.5 Å². The van der Waals surface area contributed by atoms with Crippen molar-refractivity contribution < 1.29 is 9.90 Å². The van der Waals surface area contributed by atoms with Gasteiger partial charge in [0.1, 0.15) is 0 Å². The van der Waals surface area contributed by atoms with Gasteiger partial charge >= 0.3 is 0 Å². The number of carbonyl (C=O) groups is 1. The highest BCUT2D eigenvalue weighted by Gasteiger charge is 2.26. The number of nitrogens with zero attached hydrogens (tertiary/aromatic N) is 3. The SMILES string of the molecule is CCN(CC)C(=O)C(O)c1nnc(C(Cl)Cl)s1. The number of hydrogen-bond donors (Lipinski definition) is 1. The Hall–Kier alpha value is -0.430. The van der Waals surface area contributed by atoms with Crippen molar-refractivity contribution in [1.82, 2.24) is 15.1 Å². The van der Waals surface area contributed by atoms with Crippen molar-refractivity contribution in [2.75, 3.05) is 13.1 Å². The molecule has 0 aliphatic rings.